The highest BCUT2D eigenvalue weighted by Gasteiger charge is 2.07. The highest BCUT2D eigenvalue weighted by atomic mass is 79.9. The number of rotatable bonds is 6. The minimum absolute atomic E-state index is 0.0248. The van der Waals surface area contributed by atoms with Crippen LogP contribution in [0.4, 0.5) is 5.69 Å². The summed E-state index contributed by atoms with van der Waals surface area (Å²) in [6.45, 7) is 4.53. The van der Waals surface area contributed by atoms with Crippen LogP contribution in [0.25, 0.3) is 0 Å². The van der Waals surface area contributed by atoms with Crippen molar-refractivity contribution in [3.05, 3.63) is 58.1 Å². The molecule has 0 radical (unpaired) electrons. The van der Waals surface area contributed by atoms with Crippen molar-refractivity contribution in [1.29, 1.82) is 0 Å². The number of hydrogen-bond acceptors (Lipinski definition) is 2. The molecule has 0 aliphatic heterocycles. The molecule has 0 atom stereocenters. The van der Waals surface area contributed by atoms with Crippen LogP contribution in [0.2, 0.25) is 0 Å². The van der Waals surface area contributed by atoms with Gasteiger partial charge >= 0.3 is 0 Å². The first kappa shape index (κ1) is 16.6. The van der Waals surface area contributed by atoms with E-state index in [1.54, 1.807) is 0 Å². The molecular formula is C18H20BrNO2. The van der Waals surface area contributed by atoms with Gasteiger partial charge in [0.05, 0.1) is 6.61 Å². The average molecular weight is 362 g/mol. The Labute approximate surface area is 139 Å². The molecule has 0 aromatic heterocycles. The normalized spacial score (nSPS) is 10.3. The molecule has 3 nitrogen and oxygen atoms in total. The van der Waals surface area contributed by atoms with E-state index in [0.29, 0.717) is 19.4 Å². The second-order valence-electron chi connectivity index (χ2n) is 5.22. The predicted octanol–water partition coefficient (Wildman–Crippen LogP) is 4.86. The summed E-state index contributed by atoms with van der Waals surface area (Å²) in [5, 5.41) is 2.98. The summed E-state index contributed by atoms with van der Waals surface area (Å²) in [5.74, 6) is 0.843. The average Bonchev–Trinajstić information content (AvgIpc) is 2.49. The van der Waals surface area contributed by atoms with Crippen LogP contribution in [0.5, 0.6) is 5.75 Å². The first-order valence-electron chi connectivity index (χ1n) is 7.30. The molecule has 0 saturated heterocycles. The van der Waals surface area contributed by atoms with Gasteiger partial charge in [0.25, 0.3) is 0 Å². The van der Waals surface area contributed by atoms with E-state index in [-0.39, 0.29) is 5.91 Å². The second-order valence-corrected chi connectivity index (χ2v) is 6.14. The summed E-state index contributed by atoms with van der Waals surface area (Å²) >= 11 is 3.38. The molecule has 4 heteroatoms. The lowest BCUT2D eigenvalue weighted by Gasteiger charge is -2.11. The predicted molar refractivity (Wildman–Crippen MR) is 93.4 cm³/mol. The first-order chi connectivity index (χ1) is 10.6. The van der Waals surface area contributed by atoms with Gasteiger partial charge in [0.2, 0.25) is 5.91 Å². The molecule has 0 bridgehead atoms. The summed E-state index contributed by atoms with van der Waals surface area (Å²) < 4.78 is 6.63. The van der Waals surface area contributed by atoms with Crippen LogP contribution < -0.4 is 10.1 Å². The van der Waals surface area contributed by atoms with Crippen LogP contribution in [0, 0.1) is 13.8 Å². The van der Waals surface area contributed by atoms with Crippen molar-refractivity contribution in [2.75, 3.05) is 11.9 Å². The summed E-state index contributed by atoms with van der Waals surface area (Å²) in [7, 11) is 0. The topological polar surface area (TPSA) is 38.3 Å². The standard InChI is InChI=1S/C18H20BrNO2/c1-13-5-3-6-14(2)18(13)20-17(21)7-4-12-22-16-10-8-15(19)9-11-16/h3,5-6,8-11H,4,7,12H2,1-2H3,(H,20,21). The Balaban J connectivity index is 1.75. The molecule has 0 spiro atoms. The number of para-hydroxylation sites is 1. The molecule has 2 aromatic rings. The lowest BCUT2D eigenvalue weighted by atomic mass is 10.1. The maximum atomic E-state index is 12.0. The number of anilines is 1. The monoisotopic (exact) mass is 361 g/mol. The van der Waals surface area contributed by atoms with E-state index in [9.17, 15) is 4.79 Å². The van der Waals surface area contributed by atoms with Gasteiger partial charge in [-0.1, -0.05) is 34.1 Å². The zero-order chi connectivity index (χ0) is 15.9. The Morgan fingerprint density at radius 2 is 1.73 bits per heavy atom. The third kappa shape index (κ3) is 4.88. The van der Waals surface area contributed by atoms with Crippen molar-refractivity contribution in [1.82, 2.24) is 0 Å². The van der Waals surface area contributed by atoms with Crippen molar-refractivity contribution in [2.45, 2.75) is 26.7 Å². The van der Waals surface area contributed by atoms with Gasteiger partial charge in [-0.3, -0.25) is 4.79 Å². The quantitative estimate of drug-likeness (QED) is 0.745. The Hall–Kier alpha value is -1.81. The highest BCUT2D eigenvalue weighted by molar-refractivity contribution is 9.10. The summed E-state index contributed by atoms with van der Waals surface area (Å²) in [6, 6.07) is 13.7. The maximum Gasteiger partial charge on any atom is 0.224 e. The maximum absolute atomic E-state index is 12.0. The van der Waals surface area contributed by atoms with Gasteiger partial charge in [0.15, 0.2) is 0 Å². The minimum atomic E-state index is 0.0248. The zero-order valence-electron chi connectivity index (χ0n) is 12.9. The van der Waals surface area contributed by atoms with Gasteiger partial charge in [-0.25, -0.2) is 0 Å². The summed E-state index contributed by atoms with van der Waals surface area (Å²) in [6.07, 6.45) is 1.14. The lowest BCUT2D eigenvalue weighted by Crippen LogP contribution is -2.14. The molecule has 2 aromatic carbocycles. The number of amides is 1. The molecule has 22 heavy (non-hydrogen) atoms. The van der Waals surface area contributed by atoms with Crippen molar-refractivity contribution >= 4 is 27.5 Å². The Morgan fingerprint density at radius 3 is 2.36 bits per heavy atom. The number of carbonyl (C=O) groups is 1. The highest BCUT2D eigenvalue weighted by Crippen LogP contribution is 2.20. The Morgan fingerprint density at radius 1 is 1.09 bits per heavy atom. The largest absolute Gasteiger partial charge is 0.494 e. The van der Waals surface area contributed by atoms with Gasteiger partial charge < -0.3 is 10.1 Å². The SMILES string of the molecule is Cc1cccc(C)c1NC(=O)CCCOc1ccc(Br)cc1. The van der Waals surface area contributed by atoms with Crippen molar-refractivity contribution < 1.29 is 9.53 Å². The lowest BCUT2D eigenvalue weighted by molar-refractivity contribution is -0.116. The van der Waals surface area contributed by atoms with Crippen LogP contribution in [-0.4, -0.2) is 12.5 Å². The number of benzene rings is 2. The van der Waals surface area contributed by atoms with Gasteiger partial charge in [-0.05, 0) is 55.7 Å². The van der Waals surface area contributed by atoms with Crippen LogP contribution in [0.3, 0.4) is 0 Å². The van der Waals surface area contributed by atoms with Gasteiger partial charge in [-0.15, -0.1) is 0 Å². The van der Waals surface area contributed by atoms with Crippen LogP contribution in [-0.2, 0) is 4.79 Å². The van der Waals surface area contributed by atoms with Crippen LogP contribution >= 0.6 is 15.9 Å². The summed E-state index contributed by atoms with van der Waals surface area (Å²) in [4.78, 5) is 12.0. The molecule has 0 aliphatic rings. The van der Waals surface area contributed by atoms with E-state index in [1.165, 1.54) is 0 Å². The number of nitrogens with one attached hydrogen (secondary N) is 1. The Kier molecular flexibility index (Phi) is 6.01. The van der Waals surface area contributed by atoms with E-state index in [4.69, 9.17) is 4.74 Å². The van der Waals surface area contributed by atoms with E-state index in [2.05, 4.69) is 21.2 Å². The fourth-order valence-corrected chi connectivity index (χ4v) is 2.43. The molecule has 1 N–H and O–H groups in total. The molecule has 0 aliphatic carbocycles. The van der Waals surface area contributed by atoms with E-state index in [0.717, 1.165) is 27.0 Å². The molecule has 0 fully saturated rings. The Bertz CT molecular complexity index is 618. The van der Waals surface area contributed by atoms with Crippen LogP contribution in [0.15, 0.2) is 46.9 Å². The van der Waals surface area contributed by atoms with Crippen molar-refractivity contribution in [3.8, 4) is 5.75 Å². The number of halogens is 1. The third-order valence-corrected chi connectivity index (χ3v) is 3.90. The van der Waals surface area contributed by atoms with Crippen LogP contribution in [0.1, 0.15) is 24.0 Å². The number of aryl methyl sites for hydroxylation is 2. The van der Waals surface area contributed by atoms with E-state index in [1.807, 2.05) is 56.3 Å². The summed E-state index contributed by atoms with van der Waals surface area (Å²) in [5.41, 5.74) is 3.08. The van der Waals surface area contributed by atoms with E-state index >= 15 is 0 Å². The molecule has 116 valence electrons. The van der Waals surface area contributed by atoms with Gasteiger partial charge in [-0.2, -0.15) is 0 Å². The smallest absolute Gasteiger partial charge is 0.224 e. The second kappa shape index (κ2) is 7.99. The molecular weight excluding hydrogens is 342 g/mol. The molecule has 2 rings (SSSR count). The van der Waals surface area contributed by atoms with E-state index < -0.39 is 0 Å². The third-order valence-electron chi connectivity index (χ3n) is 3.38. The fourth-order valence-electron chi connectivity index (χ4n) is 2.17. The number of carbonyl (C=O) groups excluding carboxylic acids is 1. The molecule has 0 saturated carbocycles. The van der Waals surface area contributed by atoms with Gasteiger partial charge in [0.1, 0.15) is 5.75 Å². The minimum Gasteiger partial charge on any atom is -0.494 e. The molecule has 1 amide bonds. The molecule has 0 unspecified atom stereocenters. The number of hydrogen-bond donors (Lipinski definition) is 1. The van der Waals surface area contributed by atoms with Crippen molar-refractivity contribution in [2.24, 2.45) is 0 Å². The fraction of sp³-hybridized carbons (Fsp3) is 0.278. The molecule has 0 heterocycles. The van der Waals surface area contributed by atoms with Gasteiger partial charge in [0, 0.05) is 16.6 Å². The zero-order valence-corrected chi connectivity index (χ0v) is 14.4. The van der Waals surface area contributed by atoms with Crippen molar-refractivity contribution in [3.63, 3.8) is 0 Å². The first-order valence-corrected chi connectivity index (χ1v) is 8.10. The number of ether oxygens (including phenoxy) is 1.